The molecule has 9 heteroatoms. The van der Waals surface area contributed by atoms with Crippen LogP contribution in [-0.2, 0) is 11.8 Å². The minimum Gasteiger partial charge on any atom is -0.495 e. The lowest BCUT2D eigenvalue weighted by Gasteiger charge is -2.21. The summed E-state index contributed by atoms with van der Waals surface area (Å²) in [6.45, 7) is 3.15. The molecule has 1 N–H and O–H groups in total. The monoisotopic (exact) mass is 431 g/mol. The van der Waals surface area contributed by atoms with Crippen molar-refractivity contribution in [1.29, 1.82) is 0 Å². The van der Waals surface area contributed by atoms with Crippen LogP contribution in [0.4, 0.5) is 17.5 Å². The molecule has 1 aliphatic heterocycles. The zero-order valence-corrected chi connectivity index (χ0v) is 18.2. The topological polar surface area (TPSA) is 90.2 Å². The van der Waals surface area contributed by atoms with Crippen molar-refractivity contribution >= 4 is 28.4 Å². The number of fused-ring (bicyclic) bond motifs is 1. The minimum absolute atomic E-state index is 0.491. The summed E-state index contributed by atoms with van der Waals surface area (Å²) in [6, 6.07) is 7.89. The molecule has 0 radical (unpaired) electrons. The molecular formula is C23H25N7O2. The van der Waals surface area contributed by atoms with Gasteiger partial charge in [0.1, 0.15) is 11.3 Å². The number of aryl methyl sites for hydroxylation is 1. The van der Waals surface area contributed by atoms with Crippen molar-refractivity contribution in [3.05, 3.63) is 49.1 Å². The Hall–Kier alpha value is -3.72. The fourth-order valence-corrected chi connectivity index (χ4v) is 3.86. The summed E-state index contributed by atoms with van der Waals surface area (Å²) in [5.74, 6) is 2.05. The molecule has 0 aliphatic carbocycles. The molecule has 32 heavy (non-hydrogen) atoms. The highest BCUT2D eigenvalue weighted by atomic mass is 16.5. The van der Waals surface area contributed by atoms with Crippen LogP contribution in [0, 0.1) is 0 Å². The first-order chi connectivity index (χ1) is 15.7. The molecule has 0 unspecified atom stereocenters. The Morgan fingerprint density at radius 2 is 2.00 bits per heavy atom. The van der Waals surface area contributed by atoms with Gasteiger partial charge < -0.3 is 19.7 Å². The number of hydrogen-bond donors (Lipinski definition) is 1. The van der Waals surface area contributed by atoms with E-state index in [1.807, 2.05) is 49.9 Å². The van der Waals surface area contributed by atoms with Crippen LogP contribution in [0.2, 0.25) is 0 Å². The summed E-state index contributed by atoms with van der Waals surface area (Å²) in [5, 5.41) is 8.49. The van der Waals surface area contributed by atoms with Crippen molar-refractivity contribution in [2.45, 2.75) is 6.42 Å². The first-order valence-corrected chi connectivity index (χ1v) is 10.6. The highest BCUT2D eigenvalue weighted by Gasteiger charge is 2.16. The third-order valence-corrected chi connectivity index (χ3v) is 5.49. The number of nitrogens with zero attached hydrogens (tertiary/aromatic N) is 6. The van der Waals surface area contributed by atoms with E-state index < -0.39 is 0 Å². The molecule has 0 spiro atoms. The van der Waals surface area contributed by atoms with Crippen LogP contribution >= 0.6 is 0 Å². The Labute approximate surface area is 186 Å². The Bertz CT molecular complexity index is 1230. The number of benzene rings is 1. The second-order valence-electron chi connectivity index (χ2n) is 7.66. The Balaban J connectivity index is 1.47. The quantitative estimate of drug-likeness (QED) is 0.514. The number of aromatic nitrogens is 5. The van der Waals surface area contributed by atoms with Gasteiger partial charge in [-0.1, -0.05) is 6.07 Å². The van der Waals surface area contributed by atoms with Gasteiger partial charge in [0.2, 0.25) is 5.95 Å². The van der Waals surface area contributed by atoms with Crippen LogP contribution in [-0.4, -0.2) is 58.1 Å². The second kappa shape index (κ2) is 8.80. The number of rotatable bonds is 5. The average molecular weight is 432 g/mol. The van der Waals surface area contributed by atoms with E-state index in [1.54, 1.807) is 18.0 Å². The lowest BCUT2D eigenvalue weighted by Crippen LogP contribution is -2.27. The zero-order chi connectivity index (χ0) is 21.9. The third kappa shape index (κ3) is 4.06. The summed E-state index contributed by atoms with van der Waals surface area (Å²) in [4.78, 5) is 16.2. The molecule has 0 bridgehead atoms. The van der Waals surface area contributed by atoms with Gasteiger partial charge >= 0.3 is 0 Å². The SMILES string of the molecule is COc1cc(-c2cnn(C)c2)ccc1Nc1ncc2ccnc(N3CCCOCC3)c2n1. The standard InChI is InChI=1S/C23H25N7O2/c1-29-15-18(14-26-29)16-4-5-19(20(12-16)31-2)27-23-25-13-17-6-7-24-22(21(17)28-23)30-8-3-10-32-11-9-30/h4-7,12-15H,3,8-11H2,1-2H3,(H,25,27,28). The number of nitrogens with one attached hydrogen (secondary N) is 1. The van der Waals surface area contributed by atoms with Crippen LogP contribution in [0.25, 0.3) is 22.0 Å². The fourth-order valence-electron chi connectivity index (χ4n) is 3.86. The van der Waals surface area contributed by atoms with E-state index in [1.165, 1.54) is 0 Å². The lowest BCUT2D eigenvalue weighted by atomic mass is 10.1. The molecule has 1 saturated heterocycles. The van der Waals surface area contributed by atoms with Crippen LogP contribution < -0.4 is 15.0 Å². The summed E-state index contributed by atoms with van der Waals surface area (Å²) in [7, 11) is 3.55. The molecule has 0 atom stereocenters. The normalized spacial score (nSPS) is 14.4. The predicted octanol–water partition coefficient (Wildman–Crippen LogP) is 3.40. The van der Waals surface area contributed by atoms with Crippen molar-refractivity contribution in [2.75, 3.05) is 43.6 Å². The number of hydrogen-bond acceptors (Lipinski definition) is 8. The number of pyridine rings is 1. The average Bonchev–Trinajstić information content (AvgIpc) is 3.08. The van der Waals surface area contributed by atoms with E-state index in [4.69, 9.17) is 14.5 Å². The fraction of sp³-hybridized carbons (Fsp3) is 0.304. The van der Waals surface area contributed by atoms with E-state index in [-0.39, 0.29) is 0 Å². The number of anilines is 3. The van der Waals surface area contributed by atoms with Crippen LogP contribution in [0.3, 0.4) is 0 Å². The summed E-state index contributed by atoms with van der Waals surface area (Å²) in [6.07, 6.45) is 8.39. The first-order valence-electron chi connectivity index (χ1n) is 10.6. The molecule has 4 heterocycles. The molecule has 1 fully saturated rings. The van der Waals surface area contributed by atoms with E-state index in [9.17, 15) is 0 Å². The minimum atomic E-state index is 0.491. The van der Waals surface area contributed by atoms with E-state index in [0.717, 1.165) is 59.7 Å². The van der Waals surface area contributed by atoms with E-state index in [0.29, 0.717) is 18.3 Å². The van der Waals surface area contributed by atoms with Crippen molar-refractivity contribution in [3.8, 4) is 16.9 Å². The molecule has 4 aromatic rings. The van der Waals surface area contributed by atoms with Gasteiger partial charge in [0.25, 0.3) is 0 Å². The van der Waals surface area contributed by atoms with E-state index >= 15 is 0 Å². The highest BCUT2D eigenvalue weighted by molar-refractivity contribution is 5.89. The lowest BCUT2D eigenvalue weighted by molar-refractivity contribution is 0.152. The maximum Gasteiger partial charge on any atom is 0.227 e. The smallest absolute Gasteiger partial charge is 0.227 e. The van der Waals surface area contributed by atoms with Crippen molar-refractivity contribution in [2.24, 2.45) is 7.05 Å². The summed E-state index contributed by atoms with van der Waals surface area (Å²) >= 11 is 0. The van der Waals surface area contributed by atoms with Gasteiger partial charge in [0.05, 0.1) is 25.6 Å². The third-order valence-electron chi connectivity index (χ3n) is 5.49. The van der Waals surface area contributed by atoms with E-state index in [2.05, 4.69) is 25.3 Å². The zero-order valence-electron chi connectivity index (χ0n) is 18.2. The van der Waals surface area contributed by atoms with Crippen LogP contribution in [0.5, 0.6) is 5.75 Å². The molecule has 0 amide bonds. The molecule has 9 nitrogen and oxygen atoms in total. The van der Waals surface area contributed by atoms with Gasteiger partial charge in [0, 0.05) is 56.3 Å². The maximum absolute atomic E-state index is 5.63. The predicted molar refractivity (Wildman–Crippen MR) is 123 cm³/mol. The summed E-state index contributed by atoms with van der Waals surface area (Å²) in [5.41, 5.74) is 3.65. The van der Waals surface area contributed by atoms with Crippen molar-refractivity contribution < 1.29 is 9.47 Å². The molecule has 0 saturated carbocycles. The van der Waals surface area contributed by atoms with Gasteiger partial charge in [-0.2, -0.15) is 5.10 Å². The number of ether oxygens (including phenoxy) is 2. The molecule has 164 valence electrons. The van der Waals surface area contributed by atoms with Crippen molar-refractivity contribution in [1.82, 2.24) is 24.7 Å². The largest absolute Gasteiger partial charge is 0.495 e. The molecule has 5 rings (SSSR count). The Morgan fingerprint density at radius 3 is 2.84 bits per heavy atom. The first kappa shape index (κ1) is 20.2. The second-order valence-corrected chi connectivity index (χ2v) is 7.66. The van der Waals surface area contributed by atoms with Gasteiger partial charge in [-0.15, -0.1) is 0 Å². The van der Waals surface area contributed by atoms with Crippen LogP contribution in [0.1, 0.15) is 6.42 Å². The van der Waals surface area contributed by atoms with Crippen LogP contribution in [0.15, 0.2) is 49.1 Å². The molecule has 1 aromatic carbocycles. The van der Waals surface area contributed by atoms with Gasteiger partial charge in [-0.25, -0.2) is 15.0 Å². The molecular weight excluding hydrogens is 406 g/mol. The Kier molecular flexibility index (Phi) is 5.55. The summed E-state index contributed by atoms with van der Waals surface area (Å²) < 4.78 is 13.0. The number of methoxy groups -OCH3 is 1. The molecule has 1 aliphatic rings. The van der Waals surface area contributed by atoms with Gasteiger partial charge in [-0.05, 0) is 30.2 Å². The highest BCUT2D eigenvalue weighted by Crippen LogP contribution is 2.32. The molecule has 3 aromatic heterocycles. The van der Waals surface area contributed by atoms with Gasteiger partial charge in [0.15, 0.2) is 5.82 Å². The Morgan fingerprint density at radius 1 is 1.06 bits per heavy atom. The van der Waals surface area contributed by atoms with Gasteiger partial charge in [-0.3, -0.25) is 4.68 Å². The maximum atomic E-state index is 5.63. The van der Waals surface area contributed by atoms with Crippen molar-refractivity contribution in [3.63, 3.8) is 0 Å².